The first-order chi connectivity index (χ1) is 13.3. The highest BCUT2D eigenvalue weighted by Crippen LogP contribution is 2.41. The lowest BCUT2D eigenvalue weighted by Crippen LogP contribution is -2.19. The minimum atomic E-state index is -3.65. The van der Waals surface area contributed by atoms with Gasteiger partial charge in [-0.3, -0.25) is 4.98 Å². The number of thiophene rings is 1. The lowest BCUT2D eigenvalue weighted by Gasteiger charge is -2.15. The van der Waals surface area contributed by atoms with Gasteiger partial charge in [0.1, 0.15) is 0 Å². The van der Waals surface area contributed by atoms with Crippen molar-refractivity contribution >= 4 is 33.0 Å². The summed E-state index contributed by atoms with van der Waals surface area (Å²) in [6.07, 6.45) is 5.15. The van der Waals surface area contributed by atoms with Crippen LogP contribution in [-0.4, -0.2) is 15.2 Å². The van der Waals surface area contributed by atoms with Crippen LogP contribution in [-0.2, 0) is 35.6 Å². The van der Waals surface area contributed by atoms with Crippen LogP contribution in [0.5, 0.6) is 0 Å². The molecule has 0 aromatic carbocycles. The second kappa shape index (κ2) is 7.20. The van der Waals surface area contributed by atoms with Crippen LogP contribution in [0, 0.1) is 5.82 Å². The molecular formula is C19H23FN4O2S2. The predicted molar refractivity (Wildman–Crippen MR) is 109 cm³/mol. The number of anilines is 1. The van der Waals surface area contributed by atoms with Crippen LogP contribution in [0.15, 0.2) is 14.6 Å². The number of halogens is 1. The van der Waals surface area contributed by atoms with E-state index in [2.05, 4.69) is 16.6 Å². The first-order valence-corrected chi connectivity index (χ1v) is 11.9. The van der Waals surface area contributed by atoms with Gasteiger partial charge in [-0.05, 0) is 61.6 Å². The van der Waals surface area contributed by atoms with Crippen LogP contribution < -0.4 is 10.5 Å². The molecule has 0 bridgehead atoms. The zero-order chi connectivity index (χ0) is 20.1. The van der Waals surface area contributed by atoms with Crippen LogP contribution in [0.1, 0.15) is 60.0 Å². The Labute approximate surface area is 168 Å². The summed E-state index contributed by atoms with van der Waals surface area (Å²) < 4.78 is 30.4. The van der Waals surface area contributed by atoms with Crippen molar-refractivity contribution in [2.75, 3.05) is 5.32 Å². The van der Waals surface area contributed by atoms with Gasteiger partial charge in [0.25, 0.3) is 0 Å². The maximum absolute atomic E-state index is 14.1. The molecule has 3 N–H and O–H groups in total. The van der Waals surface area contributed by atoms with Crippen molar-refractivity contribution < 1.29 is 13.4 Å². The van der Waals surface area contributed by atoms with Crippen molar-refractivity contribution in [3.05, 3.63) is 39.3 Å². The van der Waals surface area contributed by atoms with E-state index in [-0.39, 0.29) is 4.21 Å². The van der Waals surface area contributed by atoms with E-state index >= 15 is 0 Å². The summed E-state index contributed by atoms with van der Waals surface area (Å²) in [7, 11) is -3.65. The van der Waals surface area contributed by atoms with E-state index in [0.717, 1.165) is 71.6 Å². The van der Waals surface area contributed by atoms with Crippen LogP contribution in [0.3, 0.4) is 0 Å². The van der Waals surface area contributed by atoms with Gasteiger partial charge in [-0.15, -0.1) is 15.7 Å². The molecule has 0 radical (unpaired) electrons. The molecule has 0 saturated carbocycles. The molecule has 0 aliphatic heterocycles. The molecule has 150 valence electrons. The van der Waals surface area contributed by atoms with E-state index in [9.17, 15) is 13.4 Å². The van der Waals surface area contributed by atoms with Gasteiger partial charge in [-0.25, -0.2) is 18.5 Å². The van der Waals surface area contributed by atoms with E-state index in [0.29, 0.717) is 17.2 Å². The van der Waals surface area contributed by atoms with Crippen molar-refractivity contribution in [1.29, 1.82) is 0 Å². The molecule has 0 unspecified atom stereocenters. The highest BCUT2D eigenvalue weighted by Gasteiger charge is 2.30. The molecule has 6 nitrogen and oxygen atoms in total. The summed E-state index contributed by atoms with van der Waals surface area (Å²) in [5.41, 5.74) is 4.87. The minimum Gasteiger partial charge on any atom is -0.305 e. The normalized spacial score (nSPS) is 19.8. The zero-order valence-corrected chi connectivity index (χ0v) is 17.5. The third kappa shape index (κ3) is 3.35. The molecular weight excluding hydrogens is 399 g/mol. The lowest BCUT2D eigenvalue weighted by atomic mass is 10.0. The summed E-state index contributed by atoms with van der Waals surface area (Å²) in [4.78, 5) is 18.1. The third-order valence-corrected chi connectivity index (χ3v) is 8.60. The SMILES string of the molecule is CCc1cc(F)c([S@@](N)(=O)=NC(=O)Nc2c3c(nc4c2CC[C@H]4C)CCC3)s1. The van der Waals surface area contributed by atoms with Gasteiger partial charge in [0, 0.05) is 16.3 Å². The van der Waals surface area contributed by atoms with E-state index in [1.165, 1.54) is 6.07 Å². The molecule has 2 heterocycles. The molecule has 0 fully saturated rings. The number of nitrogens with two attached hydrogens (primary N) is 1. The van der Waals surface area contributed by atoms with Crippen molar-refractivity contribution in [2.45, 2.75) is 62.5 Å². The summed E-state index contributed by atoms with van der Waals surface area (Å²) in [6, 6.07) is 0.490. The van der Waals surface area contributed by atoms with Crippen LogP contribution in [0.25, 0.3) is 0 Å². The number of fused-ring (bicyclic) bond motifs is 2. The van der Waals surface area contributed by atoms with Gasteiger partial charge in [-0.2, -0.15) is 0 Å². The largest absolute Gasteiger partial charge is 0.354 e. The van der Waals surface area contributed by atoms with Gasteiger partial charge in [0.15, 0.2) is 19.9 Å². The fraction of sp³-hybridized carbons (Fsp3) is 0.474. The summed E-state index contributed by atoms with van der Waals surface area (Å²) in [6.45, 7) is 4.00. The Morgan fingerprint density at radius 3 is 2.93 bits per heavy atom. The Hall–Kier alpha value is -1.84. The second-order valence-corrected chi connectivity index (χ2v) is 10.5. The number of amides is 2. The number of rotatable bonds is 3. The van der Waals surface area contributed by atoms with Gasteiger partial charge in [-0.1, -0.05) is 13.8 Å². The van der Waals surface area contributed by atoms with E-state index < -0.39 is 21.8 Å². The first kappa shape index (κ1) is 19.5. The third-order valence-electron chi connectivity index (χ3n) is 5.42. The van der Waals surface area contributed by atoms with E-state index in [1.807, 2.05) is 6.92 Å². The molecule has 2 aliphatic rings. The number of hydrogen-bond acceptors (Lipinski definition) is 4. The number of nitrogens with one attached hydrogen (secondary N) is 1. The molecule has 0 spiro atoms. The molecule has 2 amide bonds. The van der Waals surface area contributed by atoms with Crippen molar-refractivity contribution in [1.82, 2.24) is 4.98 Å². The smallest absolute Gasteiger partial charge is 0.305 e. The van der Waals surface area contributed by atoms with Crippen molar-refractivity contribution in [3.8, 4) is 0 Å². The van der Waals surface area contributed by atoms with E-state index in [1.54, 1.807) is 0 Å². The lowest BCUT2D eigenvalue weighted by molar-refractivity contribution is 0.260. The number of aryl methyl sites for hydroxylation is 2. The van der Waals surface area contributed by atoms with Gasteiger partial charge >= 0.3 is 6.03 Å². The maximum Gasteiger partial charge on any atom is 0.354 e. The molecule has 4 rings (SSSR count). The molecule has 2 aromatic rings. The summed E-state index contributed by atoms with van der Waals surface area (Å²) >= 11 is 0.996. The Morgan fingerprint density at radius 1 is 1.43 bits per heavy atom. The number of nitrogens with zero attached hydrogens (tertiary/aromatic N) is 2. The van der Waals surface area contributed by atoms with Gasteiger partial charge in [0.05, 0.1) is 5.69 Å². The van der Waals surface area contributed by atoms with Crippen LogP contribution >= 0.6 is 11.3 Å². The summed E-state index contributed by atoms with van der Waals surface area (Å²) in [5, 5.41) is 8.57. The first-order valence-electron chi connectivity index (χ1n) is 9.48. The average Bonchev–Trinajstić information content (AvgIpc) is 3.33. The molecule has 2 aromatic heterocycles. The molecule has 9 heteroatoms. The number of hydrogen-bond donors (Lipinski definition) is 2. The Kier molecular flexibility index (Phi) is 5.01. The number of carbonyl (C=O) groups excluding carboxylic acids is 1. The van der Waals surface area contributed by atoms with Gasteiger partial charge in [0.2, 0.25) is 0 Å². The topological polar surface area (TPSA) is 97.4 Å². The zero-order valence-electron chi connectivity index (χ0n) is 15.9. The quantitative estimate of drug-likeness (QED) is 0.771. The Morgan fingerprint density at radius 2 is 2.21 bits per heavy atom. The van der Waals surface area contributed by atoms with Crippen molar-refractivity contribution in [3.63, 3.8) is 0 Å². The van der Waals surface area contributed by atoms with Gasteiger partial charge < -0.3 is 5.32 Å². The average molecular weight is 423 g/mol. The maximum atomic E-state index is 14.1. The number of pyridine rings is 1. The minimum absolute atomic E-state index is 0.182. The second-order valence-electron chi connectivity index (χ2n) is 7.36. The number of aromatic nitrogens is 1. The van der Waals surface area contributed by atoms with Crippen LogP contribution in [0.4, 0.5) is 14.9 Å². The predicted octanol–water partition coefficient (Wildman–Crippen LogP) is 4.32. The summed E-state index contributed by atoms with van der Waals surface area (Å²) in [5.74, 6) is -0.328. The standard InChI is InChI=1S/C19H23FN4O2S2/c1-3-11-9-14(20)18(27-11)28(21,26)24-19(25)23-17-12-5-4-6-15(12)22-16-10(2)7-8-13(16)17/h9-10H,3-8H2,1-2H3,(H3,21,22,23,24,25,26)/t10-,28+/m1/s1. The number of carbonyl (C=O) groups is 1. The van der Waals surface area contributed by atoms with Crippen molar-refractivity contribution in [2.24, 2.45) is 9.50 Å². The van der Waals surface area contributed by atoms with Crippen LogP contribution in [0.2, 0.25) is 0 Å². The molecule has 2 atom stereocenters. The Balaban J connectivity index is 1.70. The fourth-order valence-corrected chi connectivity index (χ4v) is 6.34. The molecule has 28 heavy (non-hydrogen) atoms. The van der Waals surface area contributed by atoms with E-state index in [4.69, 9.17) is 10.1 Å². The fourth-order valence-electron chi connectivity index (χ4n) is 4.02. The Bertz CT molecular complexity index is 1090. The highest BCUT2D eigenvalue weighted by atomic mass is 32.2. The number of urea groups is 1. The highest BCUT2D eigenvalue weighted by molar-refractivity contribution is 7.93. The molecule has 0 saturated heterocycles. The monoisotopic (exact) mass is 422 g/mol. The molecule has 2 aliphatic carbocycles.